The molecule has 4 heterocycles. The normalized spacial score (nSPS) is 20.1. The average molecular weight is 435 g/mol. The van der Waals surface area contributed by atoms with Crippen molar-refractivity contribution in [1.82, 2.24) is 19.7 Å². The van der Waals surface area contributed by atoms with Crippen LogP contribution in [0.25, 0.3) is 28.2 Å². The maximum absolute atomic E-state index is 9.27. The van der Waals surface area contributed by atoms with Gasteiger partial charge in [-0.2, -0.15) is 5.26 Å². The molecule has 2 aliphatic rings. The molecule has 1 spiro atoms. The van der Waals surface area contributed by atoms with E-state index in [1.54, 1.807) is 0 Å². The molecule has 2 fully saturated rings. The van der Waals surface area contributed by atoms with Crippen LogP contribution in [0.4, 0.5) is 5.82 Å². The lowest BCUT2D eigenvalue weighted by Gasteiger charge is -2.25. The number of benzene rings is 2. The van der Waals surface area contributed by atoms with E-state index in [2.05, 4.69) is 51.9 Å². The van der Waals surface area contributed by atoms with Crippen LogP contribution in [0.1, 0.15) is 24.0 Å². The number of imidazole rings is 1. The minimum atomic E-state index is 0.343. The summed E-state index contributed by atoms with van der Waals surface area (Å²) < 4.78 is 2.18. The Morgan fingerprint density at radius 1 is 1.03 bits per heavy atom. The Kier molecular flexibility index (Phi) is 4.67. The van der Waals surface area contributed by atoms with Crippen LogP contribution in [-0.4, -0.2) is 40.5 Å². The molecular weight excluding hydrogens is 408 g/mol. The second-order valence-corrected chi connectivity index (χ2v) is 9.41. The standard InChI is InChI=1S/C27H26N6/c1-19-2-6-22(7-3-19)24-23(21-8-4-20(16-28)5-9-21)31-26(25-30-13-15-33(24)25)32-14-11-27(18-32)10-12-29-17-27/h2-9,13,15,29H,10-12,14,17-18H2,1H3. The van der Waals surface area contributed by atoms with E-state index in [1.165, 1.54) is 18.4 Å². The number of nitrogens with one attached hydrogen (secondary N) is 1. The Morgan fingerprint density at radius 3 is 2.55 bits per heavy atom. The predicted molar refractivity (Wildman–Crippen MR) is 130 cm³/mol. The molecule has 164 valence electrons. The first-order valence-corrected chi connectivity index (χ1v) is 11.6. The quantitative estimate of drug-likeness (QED) is 0.517. The Balaban J connectivity index is 1.56. The highest BCUT2D eigenvalue weighted by molar-refractivity contribution is 5.84. The van der Waals surface area contributed by atoms with Crippen molar-refractivity contribution in [2.45, 2.75) is 19.8 Å². The van der Waals surface area contributed by atoms with Crippen LogP contribution < -0.4 is 10.2 Å². The van der Waals surface area contributed by atoms with Gasteiger partial charge in [0.1, 0.15) is 0 Å². The van der Waals surface area contributed by atoms with Crippen LogP contribution in [-0.2, 0) is 0 Å². The fourth-order valence-electron chi connectivity index (χ4n) is 5.34. The van der Waals surface area contributed by atoms with Gasteiger partial charge in [0, 0.05) is 48.6 Å². The SMILES string of the molecule is Cc1ccc(-c2c(-c3ccc(C#N)cc3)nc(N3CCC4(CCNC4)C3)c3nccn23)cc1. The summed E-state index contributed by atoms with van der Waals surface area (Å²) in [6.45, 7) is 6.28. The minimum absolute atomic E-state index is 0.343. The largest absolute Gasteiger partial charge is 0.353 e. The summed E-state index contributed by atoms with van der Waals surface area (Å²) in [6.07, 6.45) is 6.30. The van der Waals surface area contributed by atoms with E-state index in [-0.39, 0.29) is 0 Å². The first-order valence-electron chi connectivity index (χ1n) is 11.6. The zero-order valence-electron chi connectivity index (χ0n) is 18.8. The van der Waals surface area contributed by atoms with Gasteiger partial charge in [-0.15, -0.1) is 0 Å². The first kappa shape index (κ1) is 20.0. The van der Waals surface area contributed by atoms with E-state index >= 15 is 0 Å². The molecule has 4 aromatic rings. The summed E-state index contributed by atoms with van der Waals surface area (Å²) in [4.78, 5) is 12.4. The Hall–Kier alpha value is -3.69. The average Bonchev–Trinajstić information content (AvgIpc) is 3.61. The molecular formula is C27H26N6. The van der Waals surface area contributed by atoms with Gasteiger partial charge >= 0.3 is 0 Å². The van der Waals surface area contributed by atoms with Gasteiger partial charge < -0.3 is 10.2 Å². The molecule has 1 unspecified atom stereocenters. The van der Waals surface area contributed by atoms with Crippen LogP contribution in [0.5, 0.6) is 0 Å². The van der Waals surface area contributed by atoms with Crippen molar-refractivity contribution in [2.24, 2.45) is 5.41 Å². The lowest BCUT2D eigenvalue weighted by molar-refractivity contribution is 0.369. The fraction of sp³-hybridized carbons (Fsp3) is 0.296. The van der Waals surface area contributed by atoms with Gasteiger partial charge in [0.2, 0.25) is 0 Å². The van der Waals surface area contributed by atoms with Crippen LogP contribution in [0, 0.1) is 23.7 Å². The van der Waals surface area contributed by atoms with E-state index in [1.807, 2.05) is 36.7 Å². The summed E-state index contributed by atoms with van der Waals surface area (Å²) in [5.41, 5.74) is 7.13. The first-order chi connectivity index (χ1) is 16.2. The number of aryl methyl sites for hydroxylation is 1. The summed E-state index contributed by atoms with van der Waals surface area (Å²) in [5, 5.41) is 12.8. The summed E-state index contributed by atoms with van der Waals surface area (Å²) in [7, 11) is 0. The number of rotatable bonds is 3. The Morgan fingerprint density at radius 2 is 1.82 bits per heavy atom. The lowest BCUT2D eigenvalue weighted by atomic mass is 9.87. The van der Waals surface area contributed by atoms with Gasteiger partial charge in [-0.05, 0) is 38.4 Å². The number of nitrogens with zero attached hydrogens (tertiary/aromatic N) is 5. The van der Waals surface area contributed by atoms with Crippen LogP contribution in [0.2, 0.25) is 0 Å². The van der Waals surface area contributed by atoms with Gasteiger partial charge in [-0.3, -0.25) is 4.40 Å². The lowest BCUT2D eigenvalue weighted by Crippen LogP contribution is -2.30. The number of fused-ring (bicyclic) bond motifs is 1. The smallest absolute Gasteiger partial charge is 0.180 e. The van der Waals surface area contributed by atoms with Crippen molar-refractivity contribution in [2.75, 3.05) is 31.1 Å². The van der Waals surface area contributed by atoms with E-state index < -0.39 is 0 Å². The van der Waals surface area contributed by atoms with Gasteiger partial charge in [-0.1, -0.05) is 42.0 Å². The molecule has 0 aliphatic carbocycles. The zero-order chi connectivity index (χ0) is 22.4. The maximum atomic E-state index is 9.27. The third-order valence-corrected chi connectivity index (χ3v) is 7.21. The van der Waals surface area contributed by atoms with Crippen LogP contribution in [0.15, 0.2) is 60.9 Å². The highest BCUT2D eigenvalue weighted by Crippen LogP contribution is 2.41. The van der Waals surface area contributed by atoms with Gasteiger partial charge in [-0.25, -0.2) is 9.97 Å². The zero-order valence-corrected chi connectivity index (χ0v) is 18.8. The third-order valence-electron chi connectivity index (χ3n) is 7.21. The summed E-state index contributed by atoms with van der Waals surface area (Å²) >= 11 is 0. The Bertz CT molecular complexity index is 1360. The van der Waals surface area contributed by atoms with Crippen molar-refractivity contribution < 1.29 is 0 Å². The fourth-order valence-corrected chi connectivity index (χ4v) is 5.34. The second-order valence-electron chi connectivity index (χ2n) is 9.41. The van der Waals surface area contributed by atoms with Crippen molar-refractivity contribution in [1.29, 1.82) is 5.26 Å². The molecule has 33 heavy (non-hydrogen) atoms. The van der Waals surface area contributed by atoms with Gasteiger partial charge in [0.25, 0.3) is 0 Å². The van der Waals surface area contributed by atoms with Crippen LogP contribution in [0.3, 0.4) is 0 Å². The molecule has 0 amide bonds. The van der Waals surface area contributed by atoms with Crippen molar-refractivity contribution in [3.63, 3.8) is 0 Å². The number of anilines is 1. The summed E-state index contributed by atoms with van der Waals surface area (Å²) in [5.74, 6) is 0.944. The maximum Gasteiger partial charge on any atom is 0.180 e. The van der Waals surface area contributed by atoms with Crippen molar-refractivity contribution in [3.05, 3.63) is 72.1 Å². The molecule has 2 aromatic carbocycles. The molecule has 6 rings (SSSR count). The molecule has 2 aromatic heterocycles. The molecule has 0 radical (unpaired) electrons. The molecule has 1 N–H and O–H groups in total. The highest BCUT2D eigenvalue weighted by atomic mass is 15.3. The molecule has 6 heteroatoms. The van der Waals surface area contributed by atoms with Crippen molar-refractivity contribution >= 4 is 11.5 Å². The Labute approximate surface area is 193 Å². The summed E-state index contributed by atoms with van der Waals surface area (Å²) in [6, 6.07) is 18.5. The van der Waals surface area contributed by atoms with Gasteiger partial charge in [0.15, 0.2) is 11.5 Å². The highest BCUT2D eigenvalue weighted by Gasteiger charge is 2.41. The monoisotopic (exact) mass is 434 g/mol. The van der Waals surface area contributed by atoms with E-state index in [0.717, 1.165) is 60.2 Å². The molecule has 2 aliphatic heterocycles. The topological polar surface area (TPSA) is 69.2 Å². The number of hydrogen-bond acceptors (Lipinski definition) is 5. The van der Waals surface area contributed by atoms with E-state index in [4.69, 9.17) is 9.97 Å². The number of aromatic nitrogens is 3. The second kappa shape index (κ2) is 7.72. The predicted octanol–water partition coefficient (Wildman–Crippen LogP) is 4.43. The third kappa shape index (κ3) is 3.37. The van der Waals surface area contributed by atoms with Crippen LogP contribution >= 0.6 is 0 Å². The minimum Gasteiger partial charge on any atom is -0.353 e. The van der Waals surface area contributed by atoms with E-state index in [9.17, 15) is 5.26 Å². The van der Waals surface area contributed by atoms with Crippen molar-refractivity contribution in [3.8, 4) is 28.6 Å². The molecule has 2 saturated heterocycles. The molecule has 0 bridgehead atoms. The van der Waals surface area contributed by atoms with Gasteiger partial charge in [0.05, 0.1) is 23.0 Å². The van der Waals surface area contributed by atoms with E-state index in [0.29, 0.717) is 11.0 Å². The number of hydrogen-bond donors (Lipinski definition) is 1. The molecule has 1 atom stereocenters. The molecule has 6 nitrogen and oxygen atoms in total. The number of nitriles is 1. The molecule has 0 saturated carbocycles.